The van der Waals surface area contributed by atoms with Gasteiger partial charge in [-0.3, -0.25) is 0 Å². The zero-order valence-electron chi connectivity index (χ0n) is 15.0. The van der Waals surface area contributed by atoms with E-state index in [4.69, 9.17) is 4.74 Å². The molecule has 0 amide bonds. The van der Waals surface area contributed by atoms with Crippen LogP contribution in [0.5, 0.6) is 0 Å². The van der Waals surface area contributed by atoms with Gasteiger partial charge in [0.1, 0.15) is 5.60 Å². The van der Waals surface area contributed by atoms with Gasteiger partial charge in [-0.1, -0.05) is 30.7 Å². The Morgan fingerprint density at radius 3 is 2.29 bits per heavy atom. The number of sulfonamides is 1. The van der Waals surface area contributed by atoms with Gasteiger partial charge in [0.2, 0.25) is 10.0 Å². The fraction of sp³-hybridized carbons (Fsp3) is 0.500. The van der Waals surface area contributed by atoms with Crippen molar-refractivity contribution in [3.63, 3.8) is 0 Å². The van der Waals surface area contributed by atoms with E-state index in [9.17, 15) is 13.2 Å². The molecule has 0 unspecified atom stereocenters. The summed E-state index contributed by atoms with van der Waals surface area (Å²) in [7, 11) is -3.58. The van der Waals surface area contributed by atoms with Crippen molar-refractivity contribution >= 4 is 16.0 Å². The molecular weight excluding hydrogens is 326 g/mol. The maximum atomic E-state index is 12.2. The lowest BCUT2D eigenvalue weighted by atomic mass is 10.1. The average molecular weight is 353 g/mol. The topological polar surface area (TPSA) is 72.5 Å². The van der Waals surface area contributed by atoms with Gasteiger partial charge >= 0.3 is 5.97 Å². The Morgan fingerprint density at radius 2 is 1.79 bits per heavy atom. The third kappa shape index (κ3) is 6.84. The molecule has 0 bridgehead atoms. The second-order valence-corrected chi connectivity index (χ2v) is 8.37. The molecule has 0 aliphatic rings. The summed E-state index contributed by atoms with van der Waals surface area (Å²) in [5, 5.41) is 0. The maximum Gasteiger partial charge on any atom is 0.334 e. The number of allylic oxidation sites excluding steroid dienone is 1. The molecule has 1 aromatic carbocycles. The minimum Gasteiger partial charge on any atom is -0.457 e. The first-order valence-electron chi connectivity index (χ1n) is 8.04. The van der Waals surface area contributed by atoms with Crippen LogP contribution in [0, 0.1) is 6.92 Å². The number of nitrogens with one attached hydrogen (secondary N) is 1. The zero-order valence-corrected chi connectivity index (χ0v) is 15.9. The van der Waals surface area contributed by atoms with E-state index in [2.05, 4.69) is 4.72 Å². The SMILES string of the molecule is CC/C=C(/CCNS(=O)(=O)c1ccc(C)cc1)C(=O)OC(C)(C)C. The van der Waals surface area contributed by atoms with Crippen LogP contribution in [-0.4, -0.2) is 26.5 Å². The molecule has 1 aromatic rings. The number of aryl methyl sites for hydroxylation is 1. The number of rotatable bonds is 7. The van der Waals surface area contributed by atoms with Crippen molar-refractivity contribution in [1.82, 2.24) is 4.72 Å². The van der Waals surface area contributed by atoms with E-state index in [1.165, 1.54) is 0 Å². The largest absolute Gasteiger partial charge is 0.457 e. The smallest absolute Gasteiger partial charge is 0.334 e. The standard InChI is InChI=1S/C18H27NO4S/c1-6-7-15(17(20)23-18(3,4)5)12-13-19-24(21,22)16-10-8-14(2)9-11-16/h7-11,19H,6,12-13H2,1-5H3/b15-7-. The lowest BCUT2D eigenvalue weighted by molar-refractivity contribution is -0.150. The lowest BCUT2D eigenvalue weighted by Gasteiger charge is -2.20. The van der Waals surface area contributed by atoms with Gasteiger partial charge in [0, 0.05) is 12.1 Å². The minimum atomic E-state index is -3.58. The number of hydrogen-bond acceptors (Lipinski definition) is 4. The molecule has 0 aliphatic carbocycles. The average Bonchev–Trinajstić information content (AvgIpc) is 2.45. The van der Waals surface area contributed by atoms with Crippen LogP contribution >= 0.6 is 0 Å². The van der Waals surface area contributed by atoms with Crippen LogP contribution in [0.1, 0.15) is 46.1 Å². The number of carbonyl (C=O) groups is 1. The van der Waals surface area contributed by atoms with Crippen molar-refractivity contribution in [2.24, 2.45) is 0 Å². The van der Waals surface area contributed by atoms with E-state index in [-0.39, 0.29) is 17.9 Å². The molecule has 0 heterocycles. The van der Waals surface area contributed by atoms with Crippen molar-refractivity contribution in [1.29, 1.82) is 0 Å². The summed E-state index contributed by atoms with van der Waals surface area (Å²) in [5.41, 5.74) is 0.900. The summed E-state index contributed by atoms with van der Waals surface area (Å²) in [5.74, 6) is -0.404. The van der Waals surface area contributed by atoms with Crippen LogP contribution in [0.2, 0.25) is 0 Å². The molecule has 6 heteroatoms. The summed E-state index contributed by atoms with van der Waals surface area (Å²) in [6, 6.07) is 6.62. The predicted octanol–water partition coefficient (Wildman–Crippen LogP) is 3.34. The minimum absolute atomic E-state index is 0.140. The molecule has 0 radical (unpaired) electrons. The normalized spacial score (nSPS) is 13.0. The van der Waals surface area contributed by atoms with Crippen LogP contribution < -0.4 is 4.72 Å². The third-order valence-corrected chi connectivity index (χ3v) is 4.61. The van der Waals surface area contributed by atoms with Crippen LogP contribution in [0.4, 0.5) is 0 Å². The molecule has 0 saturated heterocycles. The Kier molecular flexibility index (Phi) is 7.17. The van der Waals surface area contributed by atoms with Crippen molar-refractivity contribution in [2.45, 2.75) is 58.0 Å². The molecule has 0 aromatic heterocycles. The highest BCUT2D eigenvalue weighted by Crippen LogP contribution is 2.14. The summed E-state index contributed by atoms with van der Waals surface area (Å²) in [4.78, 5) is 12.4. The molecule has 1 rings (SSSR count). The van der Waals surface area contributed by atoms with Gasteiger partial charge in [-0.15, -0.1) is 0 Å². The molecular formula is C18H27NO4S. The van der Waals surface area contributed by atoms with Gasteiger partial charge in [-0.2, -0.15) is 0 Å². The summed E-state index contributed by atoms with van der Waals surface area (Å²) in [6.45, 7) is 9.35. The van der Waals surface area contributed by atoms with Crippen LogP contribution in [-0.2, 0) is 19.6 Å². The van der Waals surface area contributed by atoms with E-state index in [1.807, 2.05) is 13.8 Å². The van der Waals surface area contributed by atoms with Gasteiger partial charge in [0.25, 0.3) is 0 Å². The fourth-order valence-electron chi connectivity index (χ4n) is 2.00. The van der Waals surface area contributed by atoms with Gasteiger partial charge in [0.15, 0.2) is 0 Å². The van der Waals surface area contributed by atoms with E-state index in [0.717, 1.165) is 5.56 Å². The molecule has 0 fully saturated rings. The number of benzene rings is 1. The summed E-state index contributed by atoms with van der Waals surface area (Å²) in [6.07, 6.45) is 2.74. The monoisotopic (exact) mass is 353 g/mol. The van der Waals surface area contributed by atoms with Crippen LogP contribution in [0.15, 0.2) is 40.8 Å². The first-order valence-corrected chi connectivity index (χ1v) is 9.52. The van der Waals surface area contributed by atoms with E-state index in [0.29, 0.717) is 12.0 Å². The fourth-order valence-corrected chi connectivity index (χ4v) is 3.03. The summed E-state index contributed by atoms with van der Waals surface area (Å²) >= 11 is 0. The van der Waals surface area contributed by atoms with Crippen molar-refractivity contribution in [3.8, 4) is 0 Å². The van der Waals surface area contributed by atoms with Gasteiger partial charge in [-0.05, 0) is 52.7 Å². The van der Waals surface area contributed by atoms with Crippen molar-refractivity contribution in [3.05, 3.63) is 41.5 Å². The second-order valence-electron chi connectivity index (χ2n) is 6.60. The molecule has 0 saturated carbocycles. The molecule has 0 aliphatic heterocycles. The number of ether oxygens (including phenoxy) is 1. The highest BCUT2D eigenvalue weighted by Gasteiger charge is 2.20. The molecule has 134 valence electrons. The lowest BCUT2D eigenvalue weighted by Crippen LogP contribution is -2.28. The Balaban J connectivity index is 2.70. The number of carbonyl (C=O) groups excluding carboxylic acids is 1. The Hall–Kier alpha value is -1.66. The quantitative estimate of drug-likeness (QED) is 0.603. The molecule has 1 N–H and O–H groups in total. The Labute approximate surface area is 145 Å². The number of esters is 1. The number of hydrogen-bond donors (Lipinski definition) is 1. The molecule has 24 heavy (non-hydrogen) atoms. The summed E-state index contributed by atoms with van der Waals surface area (Å²) < 4.78 is 32.3. The molecule has 5 nitrogen and oxygen atoms in total. The van der Waals surface area contributed by atoms with E-state index in [1.54, 1.807) is 51.1 Å². The van der Waals surface area contributed by atoms with Crippen LogP contribution in [0.25, 0.3) is 0 Å². The Bertz CT molecular complexity index is 683. The predicted molar refractivity (Wildman–Crippen MR) is 95.2 cm³/mol. The third-order valence-electron chi connectivity index (χ3n) is 3.13. The Morgan fingerprint density at radius 1 is 1.21 bits per heavy atom. The van der Waals surface area contributed by atoms with Crippen LogP contribution in [0.3, 0.4) is 0 Å². The maximum absolute atomic E-state index is 12.2. The van der Waals surface area contributed by atoms with Crippen molar-refractivity contribution in [2.75, 3.05) is 6.54 Å². The first-order chi connectivity index (χ1) is 11.0. The second kappa shape index (κ2) is 8.44. The van der Waals surface area contributed by atoms with Crippen molar-refractivity contribution < 1.29 is 17.9 Å². The molecule has 0 spiro atoms. The van der Waals surface area contributed by atoms with E-state index >= 15 is 0 Å². The van der Waals surface area contributed by atoms with Gasteiger partial charge < -0.3 is 4.74 Å². The zero-order chi connectivity index (χ0) is 18.4. The van der Waals surface area contributed by atoms with E-state index < -0.39 is 21.6 Å². The highest BCUT2D eigenvalue weighted by molar-refractivity contribution is 7.89. The first kappa shape index (κ1) is 20.4. The van der Waals surface area contributed by atoms with Gasteiger partial charge in [-0.25, -0.2) is 17.9 Å². The highest BCUT2D eigenvalue weighted by atomic mass is 32.2. The van der Waals surface area contributed by atoms with Gasteiger partial charge in [0.05, 0.1) is 4.90 Å². The molecule has 0 atom stereocenters.